The van der Waals surface area contributed by atoms with Crippen LogP contribution >= 0.6 is 0 Å². The van der Waals surface area contributed by atoms with Crippen molar-refractivity contribution < 1.29 is 28.0 Å². The highest BCUT2D eigenvalue weighted by atomic mass is 19.4. The number of non-ortho nitro benzene ring substituents is 1. The molecule has 0 aliphatic heterocycles. The van der Waals surface area contributed by atoms with Crippen LogP contribution < -0.4 is 0 Å². The van der Waals surface area contributed by atoms with Gasteiger partial charge >= 0.3 is 12.1 Å². The molecule has 0 fully saturated rings. The predicted octanol–water partition coefficient (Wildman–Crippen LogP) is 4.69. The molecule has 0 bridgehead atoms. The molecular weight excluding hydrogens is 351 g/mol. The molecule has 0 aromatic heterocycles. The fourth-order valence-corrected chi connectivity index (χ4v) is 2.21. The number of carboxylic acids is 1. The van der Waals surface area contributed by atoms with E-state index in [1.54, 1.807) is 6.07 Å². The number of nitro benzene ring substituents is 1. The third-order valence-corrected chi connectivity index (χ3v) is 3.39. The lowest BCUT2D eigenvalue weighted by molar-refractivity contribution is -0.384. The van der Waals surface area contributed by atoms with E-state index >= 15 is 0 Å². The molecule has 0 amide bonds. The summed E-state index contributed by atoms with van der Waals surface area (Å²) in [5, 5.41) is 19.6. The average molecular weight is 363 g/mol. The van der Waals surface area contributed by atoms with Gasteiger partial charge in [0.25, 0.3) is 5.69 Å². The van der Waals surface area contributed by atoms with Gasteiger partial charge in [-0.25, -0.2) is 4.79 Å². The Kier molecular flexibility index (Phi) is 5.56. The van der Waals surface area contributed by atoms with E-state index in [0.29, 0.717) is 16.7 Å². The quantitative estimate of drug-likeness (QED) is 0.362. The van der Waals surface area contributed by atoms with Crippen molar-refractivity contribution in [1.82, 2.24) is 0 Å². The molecule has 2 aromatic rings. The van der Waals surface area contributed by atoms with Gasteiger partial charge in [-0.3, -0.25) is 10.1 Å². The van der Waals surface area contributed by atoms with Gasteiger partial charge in [0.05, 0.1) is 10.5 Å². The minimum Gasteiger partial charge on any atom is -0.478 e. The lowest BCUT2D eigenvalue weighted by Gasteiger charge is -2.11. The summed E-state index contributed by atoms with van der Waals surface area (Å²) in [6.45, 7) is 0. The van der Waals surface area contributed by atoms with Crippen LogP contribution in [0.5, 0.6) is 0 Å². The molecule has 0 heterocycles. The highest BCUT2D eigenvalue weighted by molar-refractivity contribution is 5.84. The van der Waals surface area contributed by atoms with Gasteiger partial charge in [0.1, 0.15) is 0 Å². The number of benzene rings is 2. The van der Waals surface area contributed by atoms with Gasteiger partial charge in [0.15, 0.2) is 0 Å². The fraction of sp³-hybridized carbons (Fsp3) is 0.0556. The van der Waals surface area contributed by atoms with Crippen LogP contribution in [0.1, 0.15) is 16.7 Å². The normalized spacial score (nSPS) is 12.3. The van der Waals surface area contributed by atoms with Crippen LogP contribution in [-0.4, -0.2) is 16.0 Å². The van der Waals surface area contributed by atoms with Gasteiger partial charge in [-0.1, -0.05) is 36.4 Å². The Morgan fingerprint density at radius 2 is 1.73 bits per heavy atom. The van der Waals surface area contributed by atoms with Crippen molar-refractivity contribution in [3.05, 3.63) is 93.6 Å². The molecule has 0 saturated heterocycles. The number of halogens is 3. The Balaban J connectivity index is 2.53. The maximum absolute atomic E-state index is 12.7. The molecule has 0 aliphatic rings. The van der Waals surface area contributed by atoms with Crippen LogP contribution in [0, 0.1) is 10.1 Å². The number of nitrogens with zero attached hydrogens (tertiary/aromatic N) is 1. The number of allylic oxidation sites excluding steroid dienone is 2. The molecule has 0 radical (unpaired) electrons. The maximum atomic E-state index is 12.7. The molecule has 26 heavy (non-hydrogen) atoms. The SMILES string of the molecule is O=C(O)/C=C/C=C(/c1ccc(C(F)(F)F)cc1)c1cccc([N+](=O)[O-])c1. The van der Waals surface area contributed by atoms with Gasteiger partial charge in [-0.2, -0.15) is 13.2 Å². The Morgan fingerprint density at radius 1 is 1.08 bits per heavy atom. The van der Waals surface area contributed by atoms with Crippen LogP contribution in [0.3, 0.4) is 0 Å². The molecule has 134 valence electrons. The van der Waals surface area contributed by atoms with Crippen LogP contribution in [0.2, 0.25) is 0 Å². The van der Waals surface area contributed by atoms with Crippen molar-refractivity contribution in [3.8, 4) is 0 Å². The smallest absolute Gasteiger partial charge is 0.416 e. The Hall–Kier alpha value is -3.42. The summed E-state index contributed by atoms with van der Waals surface area (Å²) in [6, 6.07) is 9.75. The second-order valence-electron chi connectivity index (χ2n) is 5.16. The largest absolute Gasteiger partial charge is 0.478 e. The molecule has 5 nitrogen and oxygen atoms in total. The van der Waals surface area contributed by atoms with Crippen molar-refractivity contribution >= 4 is 17.2 Å². The molecule has 8 heteroatoms. The zero-order valence-corrected chi connectivity index (χ0v) is 13.1. The third kappa shape index (κ3) is 4.79. The van der Waals surface area contributed by atoms with E-state index in [1.165, 1.54) is 42.5 Å². The van der Waals surface area contributed by atoms with Crippen molar-refractivity contribution in [2.24, 2.45) is 0 Å². The van der Waals surface area contributed by atoms with Crippen molar-refractivity contribution in [3.63, 3.8) is 0 Å². The Bertz CT molecular complexity index is 884. The summed E-state index contributed by atoms with van der Waals surface area (Å²) in [5.41, 5.74) is 0.0469. The average Bonchev–Trinajstić information content (AvgIpc) is 2.58. The lowest BCUT2D eigenvalue weighted by atomic mass is 9.96. The highest BCUT2D eigenvalue weighted by Crippen LogP contribution is 2.32. The van der Waals surface area contributed by atoms with Crippen LogP contribution in [0.15, 0.2) is 66.8 Å². The highest BCUT2D eigenvalue weighted by Gasteiger charge is 2.30. The molecule has 0 atom stereocenters. The molecule has 0 saturated carbocycles. The van der Waals surface area contributed by atoms with E-state index in [0.717, 1.165) is 18.2 Å². The summed E-state index contributed by atoms with van der Waals surface area (Å²) in [5.74, 6) is -1.20. The van der Waals surface area contributed by atoms with Crippen LogP contribution in [0.4, 0.5) is 18.9 Å². The monoisotopic (exact) mass is 363 g/mol. The number of carboxylic acid groups (broad SMARTS) is 1. The van der Waals surface area contributed by atoms with Crippen LogP contribution in [-0.2, 0) is 11.0 Å². The molecule has 2 aromatic carbocycles. The van der Waals surface area contributed by atoms with E-state index in [4.69, 9.17) is 5.11 Å². The van der Waals surface area contributed by atoms with Crippen molar-refractivity contribution in [2.75, 3.05) is 0 Å². The van der Waals surface area contributed by atoms with Gasteiger partial charge in [0, 0.05) is 18.2 Å². The number of nitro groups is 1. The number of hydrogen-bond acceptors (Lipinski definition) is 3. The number of aliphatic carboxylic acids is 1. The summed E-state index contributed by atoms with van der Waals surface area (Å²) >= 11 is 0. The Labute approximate surface area is 145 Å². The van der Waals surface area contributed by atoms with Gasteiger partial charge in [0.2, 0.25) is 0 Å². The number of carbonyl (C=O) groups is 1. The number of alkyl halides is 3. The minimum atomic E-state index is -4.49. The maximum Gasteiger partial charge on any atom is 0.416 e. The summed E-state index contributed by atoms with van der Waals surface area (Å²) in [4.78, 5) is 21.0. The summed E-state index contributed by atoms with van der Waals surface area (Å²) < 4.78 is 38.1. The first-order valence-electron chi connectivity index (χ1n) is 7.22. The molecule has 0 unspecified atom stereocenters. The first-order valence-corrected chi connectivity index (χ1v) is 7.22. The molecule has 2 rings (SSSR count). The van der Waals surface area contributed by atoms with Crippen molar-refractivity contribution in [1.29, 1.82) is 0 Å². The predicted molar refractivity (Wildman–Crippen MR) is 88.4 cm³/mol. The van der Waals surface area contributed by atoms with E-state index in [9.17, 15) is 28.1 Å². The van der Waals surface area contributed by atoms with Crippen molar-refractivity contribution in [2.45, 2.75) is 6.18 Å². The van der Waals surface area contributed by atoms with E-state index in [1.807, 2.05) is 0 Å². The van der Waals surface area contributed by atoms with E-state index < -0.39 is 22.6 Å². The molecule has 1 N–H and O–H groups in total. The lowest BCUT2D eigenvalue weighted by Crippen LogP contribution is -2.04. The third-order valence-electron chi connectivity index (χ3n) is 3.39. The molecule has 0 spiro atoms. The summed E-state index contributed by atoms with van der Waals surface area (Å²) in [7, 11) is 0. The minimum absolute atomic E-state index is 0.192. The first-order chi connectivity index (χ1) is 12.2. The fourth-order valence-electron chi connectivity index (χ4n) is 2.21. The van der Waals surface area contributed by atoms with Crippen LogP contribution in [0.25, 0.3) is 5.57 Å². The van der Waals surface area contributed by atoms with Gasteiger partial charge in [-0.15, -0.1) is 0 Å². The summed E-state index contributed by atoms with van der Waals surface area (Å²) in [6.07, 6.45) is -1.07. The van der Waals surface area contributed by atoms with Gasteiger partial charge in [-0.05, 0) is 28.8 Å². The molecule has 0 aliphatic carbocycles. The second-order valence-corrected chi connectivity index (χ2v) is 5.16. The zero-order chi connectivity index (χ0) is 19.3. The zero-order valence-electron chi connectivity index (χ0n) is 13.1. The van der Waals surface area contributed by atoms with E-state index in [2.05, 4.69) is 0 Å². The first kappa shape index (κ1) is 18.9. The Morgan fingerprint density at radius 3 is 2.27 bits per heavy atom. The van der Waals surface area contributed by atoms with E-state index in [-0.39, 0.29) is 5.69 Å². The number of rotatable bonds is 5. The standard InChI is InChI=1S/C18H12F3NO4/c19-18(20,21)14-9-7-12(8-10-14)16(5-2-6-17(23)24)13-3-1-4-15(11-13)22(25)26/h1-11H,(H,23,24)/b6-2+,16-5-. The molecular formula is C18H12F3NO4. The topological polar surface area (TPSA) is 80.4 Å². The van der Waals surface area contributed by atoms with Gasteiger partial charge < -0.3 is 5.11 Å². The number of hydrogen-bond donors (Lipinski definition) is 1. The second kappa shape index (κ2) is 7.64.